The third-order valence-corrected chi connectivity index (χ3v) is 16.1. The zero-order chi connectivity index (χ0) is 57.8. The number of para-hydroxylation sites is 2. The van der Waals surface area contributed by atoms with E-state index in [1.807, 2.05) is 61.7 Å². The van der Waals surface area contributed by atoms with Crippen LogP contribution < -0.4 is 14.4 Å². The molecule has 2 aromatic heterocycles. The quantitative estimate of drug-likeness (QED) is 0.0514. The lowest BCUT2D eigenvalue weighted by molar-refractivity contribution is -0.141. The number of aryl methyl sites for hydroxylation is 2. The summed E-state index contributed by atoms with van der Waals surface area (Å²) >= 11 is 0. The Morgan fingerprint density at radius 1 is 0.614 bits per heavy atom. The Labute approximate surface area is 487 Å². The predicted molar refractivity (Wildman–Crippen MR) is 340 cm³/mol. The second-order valence-electron chi connectivity index (χ2n) is 23.2. The average Bonchev–Trinajstić information content (AvgIpc) is 3.53. The molecule has 0 N–H and O–H groups in total. The van der Waals surface area contributed by atoms with Crippen LogP contribution in [0.15, 0.2) is 219 Å². The van der Waals surface area contributed by atoms with Crippen molar-refractivity contribution in [1.82, 2.24) is 9.55 Å². The molecule has 83 heavy (non-hydrogen) atoms. The van der Waals surface area contributed by atoms with Crippen molar-refractivity contribution >= 4 is 67.3 Å². The topological polar surface area (TPSA) is 78.0 Å². The van der Waals surface area contributed by atoms with E-state index in [1.165, 1.54) is 33.0 Å². The molecule has 0 amide bonds. The Kier molecular flexibility index (Phi) is 15.9. The monoisotopic (exact) mass is 1090 g/mol. The summed E-state index contributed by atoms with van der Waals surface area (Å²) in [5.41, 5.74) is 14.9. The summed E-state index contributed by atoms with van der Waals surface area (Å²) in [4.78, 5) is 39.2. The maximum absolute atomic E-state index is 14.5. The van der Waals surface area contributed by atoms with E-state index in [1.54, 1.807) is 18.2 Å². The van der Waals surface area contributed by atoms with Crippen molar-refractivity contribution in [3.8, 4) is 39.6 Å². The number of anilines is 3. The minimum Gasteiger partial charge on any atom is -0.428 e. The fourth-order valence-electron chi connectivity index (χ4n) is 11.5. The van der Waals surface area contributed by atoms with Crippen LogP contribution in [-0.2, 0) is 15.0 Å². The number of nitrogens with zero attached hydrogens (tertiary/aromatic N) is 4. The number of carbonyl (C=O) groups excluding carboxylic acids is 2. The molecule has 0 spiro atoms. The first-order valence-corrected chi connectivity index (χ1v) is 28.8. The Balaban J connectivity index is 0.777. The smallest absolute Gasteiger partial charge is 0.314 e. The minimum absolute atomic E-state index is 0.0104. The fraction of sp³-hybridized carbons (Fsp3) is 0.200. The number of aromatic nitrogens is 2. The summed E-state index contributed by atoms with van der Waals surface area (Å²) in [6.45, 7) is 23.1. The first-order chi connectivity index (χ1) is 40.2. The number of benzene rings is 9. The van der Waals surface area contributed by atoms with E-state index in [4.69, 9.17) is 21.0 Å². The van der Waals surface area contributed by atoms with Crippen LogP contribution in [0.5, 0.6) is 11.5 Å². The van der Waals surface area contributed by atoms with Crippen molar-refractivity contribution < 1.29 is 19.1 Å². The molecule has 2 heterocycles. The maximum atomic E-state index is 14.5. The van der Waals surface area contributed by atoms with E-state index >= 15 is 0 Å². The second-order valence-corrected chi connectivity index (χ2v) is 23.2. The summed E-state index contributed by atoms with van der Waals surface area (Å²) in [5, 5.41) is 4.57. The zero-order valence-corrected chi connectivity index (χ0v) is 48.3. The van der Waals surface area contributed by atoms with Gasteiger partial charge in [-0.05, 0) is 174 Å². The van der Waals surface area contributed by atoms with E-state index in [0.29, 0.717) is 35.5 Å². The van der Waals surface area contributed by atoms with Crippen LogP contribution in [-0.4, -0.2) is 21.5 Å². The molecular formula is C75H68N4O4. The molecule has 8 nitrogen and oxygen atoms in total. The SMILES string of the molecule is [C-]#[N+]c1cc(OC(=O)CC(C)CC(CC(CC)c2ccc(C(C)(C)C)cc2)C(=O)Oc2ccc(-c3ccc4cc(N(c5ccc(C)cc5)c5ccc(C)cc5)ccc4c3)cc2)ccc1-c1ccc(-n2c3ccccc3c3ccccc32)cn1. The predicted octanol–water partition coefficient (Wildman–Crippen LogP) is 19.7. The van der Waals surface area contributed by atoms with Gasteiger partial charge >= 0.3 is 11.9 Å². The summed E-state index contributed by atoms with van der Waals surface area (Å²) in [6, 6.07) is 72.5. The van der Waals surface area contributed by atoms with E-state index < -0.39 is 11.9 Å². The highest BCUT2D eigenvalue weighted by atomic mass is 16.5. The number of pyridine rings is 1. The van der Waals surface area contributed by atoms with Gasteiger partial charge in [0.1, 0.15) is 11.5 Å². The lowest BCUT2D eigenvalue weighted by Gasteiger charge is -2.26. The van der Waals surface area contributed by atoms with E-state index in [9.17, 15) is 9.59 Å². The van der Waals surface area contributed by atoms with Gasteiger partial charge in [0.05, 0.1) is 41.1 Å². The van der Waals surface area contributed by atoms with Gasteiger partial charge in [-0.2, -0.15) is 0 Å². The van der Waals surface area contributed by atoms with Crippen LogP contribution in [0.2, 0.25) is 0 Å². The largest absolute Gasteiger partial charge is 0.428 e. The van der Waals surface area contributed by atoms with E-state index in [0.717, 1.165) is 62.1 Å². The maximum Gasteiger partial charge on any atom is 0.314 e. The van der Waals surface area contributed by atoms with Crippen LogP contribution in [0, 0.1) is 32.3 Å². The molecule has 11 aromatic rings. The number of hydrogen-bond acceptors (Lipinski definition) is 6. The molecule has 0 saturated heterocycles. The van der Waals surface area contributed by atoms with Crippen molar-refractivity contribution in [3.63, 3.8) is 0 Å². The van der Waals surface area contributed by atoms with Gasteiger partial charge in [0.2, 0.25) is 0 Å². The molecule has 0 radical (unpaired) electrons. The third kappa shape index (κ3) is 12.2. The average molecular weight is 1090 g/mol. The van der Waals surface area contributed by atoms with Crippen LogP contribution in [0.4, 0.5) is 22.7 Å². The highest BCUT2D eigenvalue weighted by Gasteiger charge is 2.29. The van der Waals surface area contributed by atoms with Crippen molar-refractivity contribution in [2.24, 2.45) is 11.8 Å². The number of ether oxygens (including phenoxy) is 2. The highest BCUT2D eigenvalue weighted by Crippen LogP contribution is 2.40. The third-order valence-electron chi connectivity index (χ3n) is 16.1. The van der Waals surface area contributed by atoms with Crippen LogP contribution in [0.25, 0.3) is 65.5 Å². The van der Waals surface area contributed by atoms with Crippen LogP contribution in [0.3, 0.4) is 0 Å². The molecule has 0 bridgehead atoms. The van der Waals surface area contributed by atoms with Crippen molar-refractivity contribution in [2.45, 2.75) is 85.5 Å². The summed E-state index contributed by atoms with van der Waals surface area (Å²) in [5.74, 6) is -0.677. The van der Waals surface area contributed by atoms with Gasteiger partial charge < -0.3 is 18.9 Å². The summed E-state index contributed by atoms with van der Waals surface area (Å²) in [7, 11) is 0. The van der Waals surface area contributed by atoms with Gasteiger partial charge in [-0.1, -0.05) is 167 Å². The molecule has 0 aliphatic carbocycles. The van der Waals surface area contributed by atoms with Crippen molar-refractivity contribution in [1.29, 1.82) is 0 Å². The summed E-state index contributed by atoms with van der Waals surface area (Å²) < 4.78 is 14.4. The molecule has 8 heteroatoms. The van der Waals surface area contributed by atoms with Gasteiger partial charge in [0.15, 0.2) is 5.69 Å². The number of rotatable bonds is 17. The first kappa shape index (κ1) is 55.3. The fourth-order valence-corrected chi connectivity index (χ4v) is 11.5. The second kappa shape index (κ2) is 23.9. The molecule has 11 rings (SSSR count). The Morgan fingerprint density at radius 3 is 1.81 bits per heavy atom. The standard InChI is InChI=1S/C75H68N4O4/c1-9-52(53-24-29-59(30-25-53)75(5,6)7)44-58(42-51(4)43-73(80)82-65-39-40-68(70(47-65)76-8)69-41-36-63(48-77-69)79-71-16-12-10-14-66(71)67-15-11-13-17-72(67)79)74(81)83-64-37-27-54(28-38-64)55-22-23-57-46-62(35-26-56(57)45-55)78(60-31-18-49(2)19-32-60)61-33-20-50(3)21-34-61/h10-41,45-48,51-52,58H,9,42-44H2,1-7H3. The first-order valence-electron chi connectivity index (χ1n) is 28.8. The normalized spacial score (nSPS) is 12.7. The lowest BCUT2D eigenvalue weighted by atomic mass is 9.81. The number of esters is 2. The molecule has 3 atom stereocenters. The number of carbonyl (C=O) groups is 2. The molecule has 0 saturated carbocycles. The van der Waals surface area contributed by atoms with Crippen LogP contribution >= 0.6 is 0 Å². The molecule has 0 aliphatic heterocycles. The van der Waals surface area contributed by atoms with Gasteiger partial charge in [0, 0.05) is 39.8 Å². The highest BCUT2D eigenvalue weighted by molar-refractivity contribution is 6.09. The van der Waals surface area contributed by atoms with Crippen LogP contribution in [0.1, 0.15) is 88.5 Å². The molecule has 3 unspecified atom stereocenters. The Morgan fingerprint density at radius 2 is 1.20 bits per heavy atom. The van der Waals surface area contributed by atoms with E-state index in [2.05, 4.69) is 201 Å². The molecule has 0 aliphatic rings. The minimum atomic E-state index is -0.509. The van der Waals surface area contributed by atoms with Gasteiger partial charge in [-0.15, -0.1) is 0 Å². The van der Waals surface area contributed by atoms with Gasteiger partial charge in [-0.25, -0.2) is 4.85 Å². The lowest BCUT2D eigenvalue weighted by Crippen LogP contribution is -2.26. The van der Waals surface area contributed by atoms with Gasteiger partial charge in [-0.3, -0.25) is 14.6 Å². The number of fused-ring (bicyclic) bond motifs is 4. The Hall–Kier alpha value is -9.58. The van der Waals surface area contributed by atoms with Gasteiger partial charge in [0.25, 0.3) is 0 Å². The van der Waals surface area contributed by atoms with E-state index in [-0.39, 0.29) is 35.4 Å². The van der Waals surface area contributed by atoms with Crippen molar-refractivity contribution in [2.75, 3.05) is 4.90 Å². The summed E-state index contributed by atoms with van der Waals surface area (Å²) in [6.07, 6.45) is 3.70. The molecular weight excluding hydrogens is 1020 g/mol. The Bertz CT molecular complexity index is 4070. The van der Waals surface area contributed by atoms with Crippen molar-refractivity contribution in [3.05, 3.63) is 252 Å². The number of hydrogen-bond donors (Lipinski definition) is 0. The molecule has 412 valence electrons. The molecule has 9 aromatic carbocycles. The molecule has 0 fully saturated rings. The zero-order valence-electron chi connectivity index (χ0n) is 48.3.